The molecule has 1 aliphatic heterocycles. The van der Waals surface area contributed by atoms with Crippen molar-refractivity contribution in [3.05, 3.63) is 0 Å². The molecule has 0 spiro atoms. The quantitative estimate of drug-likeness (QED) is 0.308. The Morgan fingerprint density at radius 1 is 0.452 bits per heavy atom. The van der Waals surface area contributed by atoms with Gasteiger partial charge in [-0.15, -0.1) is 0 Å². The van der Waals surface area contributed by atoms with Crippen LogP contribution < -0.4 is 0 Å². The van der Waals surface area contributed by atoms with Gasteiger partial charge in [0, 0.05) is 0 Å². The Hall–Kier alpha value is -2.69. The smallest absolute Gasteiger partial charge is 0.313 e. The van der Waals surface area contributed by atoms with E-state index in [1.165, 1.54) is 0 Å². The molecule has 0 aliphatic carbocycles. The molecule has 1 rings (SSSR count). The Morgan fingerprint density at radius 3 is 1.12 bits per heavy atom. The molecule has 0 aromatic heterocycles. The summed E-state index contributed by atoms with van der Waals surface area (Å²) < 4.78 is 34.9. The number of ether oxygens (including phenoxy) is 6. The molecule has 1 aliphatic rings. The number of esters is 5. The minimum absolute atomic E-state index is 0.439. The van der Waals surface area contributed by atoms with Gasteiger partial charge in [-0.05, 0) is 104 Å². The Kier molecular flexibility index (Phi) is 11.5. The van der Waals surface area contributed by atoms with E-state index in [0.29, 0.717) is 0 Å². The zero-order valence-electron chi connectivity index (χ0n) is 28.1. The van der Waals surface area contributed by atoms with Crippen LogP contribution in [0.25, 0.3) is 0 Å². The topological polar surface area (TPSA) is 141 Å². The SMILES string of the molecule is CC(C)(C)C(=O)OCC1OC(OC(=O)C(C)(C)C)C(OC(=O)C(C)(C)C)C(OC(=O)C(C)(C)C)C1OC(=O)C(C)(C)C. The van der Waals surface area contributed by atoms with Crippen LogP contribution in [0.4, 0.5) is 0 Å². The molecule has 11 nitrogen and oxygen atoms in total. The van der Waals surface area contributed by atoms with Gasteiger partial charge in [0.05, 0.1) is 27.1 Å². The predicted molar refractivity (Wildman–Crippen MR) is 153 cm³/mol. The maximum Gasteiger partial charge on any atom is 0.313 e. The highest BCUT2D eigenvalue weighted by atomic mass is 16.7. The fraction of sp³-hybridized carbons (Fsp3) is 0.839. The number of hydrogen-bond donors (Lipinski definition) is 0. The third-order valence-electron chi connectivity index (χ3n) is 5.98. The molecule has 0 aromatic rings. The maximum atomic E-state index is 13.2. The Labute approximate surface area is 250 Å². The molecular formula is C31H52O11. The highest BCUT2D eigenvalue weighted by Crippen LogP contribution is 2.35. The molecule has 11 heteroatoms. The third-order valence-corrected chi connectivity index (χ3v) is 5.98. The van der Waals surface area contributed by atoms with E-state index < -0.39 is 94.2 Å². The summed E-state index contributed by atoms with van der Waals surface area (Å²) in [6.07, 6.45) is -7.27. The molecule has 1 heterocycles. The summed E-state index contributed by atoms with van der Waals surface area (Å²) in [6, 6.07) is 0. The fourth-order valence-electron chi connectivity index (χ4n) is 3.07. The Bertz CT molecular complexity index is 1010. The van der Waals surface area contributed by atoms with Crippen LogP contribution >= 0.6 is 0 Å². The molecule has 5 unspecified atom stereocenters. The second kappa shape index (κ2) is 12.9. The number of rotatable bonds is 6. The molecule has 0 aromatic carbocycles. The van der Waals surface area contributed by atoms with Crippen molar-refractivity contribution < 1.29 is 52.4 Å². The first-order chi connectivity index (χ1) is 18.6. The van der Waals surface area contributed by atoms with Gasteiger partial charge in [0.2, 0.25) is 12.4 Å². The van der Waals surface area contributed by atoms with Crippen molar-refractivity contribution in [2.75, 3.05) is 6.61 Å². The first-order valence-corrected chi connectivity index (χ1v) is 14.2. The summed E-state index contributed by atoms with van der Waals surface area (Å²) in [5, 5.41) is 0. The molecule has 0 bridgehead atoms. The molecular weight excluding hydrogens is 548 g/mol. The highest BCUT2D eigenvalue weighted by molar-refractivity contribution is 5.78. The van der Waals surface area contributed by atoms with Gasteiger partial charge in [0.1, 0.15) is 12.7 Å². The lowest BCUT2D eigenvalue weighted by Gasteiger charge is -2.45. The van der Waals surface area contributed by atoms with Gasteiger partial charge in [-0.2, -0.15) is 0 Å². The summed E-state index contributed by atoms with van der Waals surface area (Å²) in [5.74, 6) is -3.34. The van der Waals surface area contributed by atoms with E-state index in [1.54, 1.807) is 104 Å². The van der Waals surface area contributed by atoms with Crippen molar-refractivity contribution in [3.8, 4) is 0 Å². The van der Waals surface area contributed by atoms with Crippen molar-refractivity contribution in [1.29, 1.82) is 0 Å². The molecule has 0 radical (unpaired) electrons. The lowest BCUT2D eigenvalue weighted by atomic mass is 9.92. The fourth-order valence-corrected chi connectivity index (χ4v) is 3.07. The average molecular weight is 601 g/mol. The zero-order valence-corrected chi connectivity index (χ0v) is 28.1. The normalized spacial score (nSPS) is 23.8. The number of hydrogen-bond acceptors (Lipinski definition) is 11. The van der Waals surface area contributed by atoms with E-state index in [4.69, 9.17) is 28.4 Å². The van der Waals surface area contributed by atoms with Crippen molar-refractivity contribution >= 4 is 29.8 Å². The van der Waals surface area contributed by atoms with Crippen molar-refractivity contribution in [1.82, 2.24) is 0 Å². The first kappa shape index (κ1) is 37.3. The van der Waals surface area contributed by atoms with E-state index in [1.807, 2.05) is 0 Å². The van der Waals surface area contributed by atoms with Gasteiger partial charge >= 0.3 is 29.8 Å². The van der Waals surface area contributed by atoms with Crippen LogP contribution in [0.3, 0.4) is 0 Å². The minimum atomic E-state index is -1.59. The molecule has 0 amide bonds. The Balaban J connectivity index is 3.82. The second-order valence-electron chi connectivity index (χ2n) is 15.9. The molecule has 5 atom stereocenters. The molecule has 0 saturated carbocycles. The minimum Gasteiger partial charge on any atom is -0.462 e. The summed E-state index contributed by atoms with van der Waals surface area (Å²) in [6.45, 7) is 24.1. The van der Waals surface area contributed by atoms with Gasteiger partial charge in [-0.1, -0.05) is 0 Å². The summed E-state index contributed by atoms with van der Waals surface area (Å²) in [5.41, 5.74) is -4.86. The van der Waals surface area contributed by atoms with E-state index >= 15 is 0 Å². The largest absolute Gasteiger partial charge is 0.462 e. The van der Waals surface area contributed by atoms with Gasteiger partial charge in [-0.25, -0.2) is 0 Å². The van der Waals surface area contributed by atoms with Crippen LogP contribution in [0.1, 0.15) is 104 Å². The monoisotopic (exact) mass is 600 g/mol. The predicted octanol–water partition coefficient (Wildman–Crippen LogP) is 4.76. The van der Waals surface area contributed by atoms with Gasteiger partial charge in [-0.3, -0.25) is 24.0 Å². The highest BCUT2D eigenvalue weighted by Gasteiger charge is 2.56. The van der Waals surface area contributed by atoms with E-state index in [0.717, 1.165) is 0 Å². The average Bonchev–Trinajstić information content (AvgIpc) is 2.77. The van der Waals surface area contributed by atoms with Crippen molar-refractivity contribution in [3.63, 3.8) is 0 Å². The first-order valence-electron chi connectivity index (χ1n) is 14.2. The van der Waals surface area contributed by atoms with Crippen molar-refractivity contribution in [2.45, 2.75) is 135 Å². The lowest BCUT2D eigenvalue weighted by Crippen LogP contribution is -2.64. The molecule has 242 valence electrons. The van der Waals surface area contributed by atoms with Crippen LogP contribution in [0.15, 0.2) is 0 Å². The van der Waals surface area contributed by atoms with Crippen LogP contribution in [-0.4, -0.2) is 67.2 Å². The summed E-state index contributed by atoms with van der Waals surface area (Å²) >= 11 is 0. The van der Waals surface area contributed by atoms with Gasteiger partial charge < -0.3 is 28.4 Å². The Morgan fingerprint density at radius 2 is 0.762 bits per heavy atom. The molecule has 1 fully saturated rings. The number of carbonyl (C=O) groups excluding carboxylic acids is 5. The summed E-state index contributed by atoms with van der Waals surface area (Å²) in [4.78, 5) is 65.3. The van der Waals surface area contributed by atoms with Crippen LogP contribution in [0.2, 0.25) is 0 Å². The van der Waals surface area contributed by atoms with Gasteiger partial charge in [0.15, 0.2) is 12.2 Å². The number of carbonyl (C=O) groups is 5. The molecule has 42 heavy (non-hydrogen) atoms. The molecule has 1 saturated heterocycles. The van der Waals surface area contributed by atoms with Crippen molar-refractivity contribution in [2.24, 2.45) is 27.1 Å². The third kappa shape index (κ3) is 10.5. The molecule has 0 N–H and O–H groups in total. The van der Waals surface area contributed by atoms with Gasteiger partial charge in [0.25, 0.3) is 0 Å². The van der Waals surface area contributed by atoms with E-state index in [9.17, 15) is 24.0 Å². The lowest BCUT2D eigenvalue weighted by molar-refractivity contribution is -0.306. The second-order valence-corrected chi connectivity index (χ2v) is 15.9. The summed E-state index contributed by atoms with van der Waals surface area (Å²) in [7, 11) is 0. The van der Waals surface area contributed by atoms with Crippen LogP contribution in [0.5, 0.6) is 0 Å². The van der Waals surface area contributed by atoms with E-state index in [2.05, 4.69) is 0 Å². The van der Waals surface area contributed by atoms with Crippen LogP contribution in [0, 0.1) is 27.1 Å². The van der Waals surface area contributed by atoms with Crippen LogP contribution in [-0.2, 0) is 52.4 Å². The zero-order chi connectivity index (χ0) is 33.2. The van der Waals surface area contributed by atoms with E-state index in [-0.39, 0.29) is 0 Å². The maximum absolute atomic E-state index is 13.2. The standard InChI is InChI=1S/C31H52O11/c1-27(2,3)22(32)37-16-17-18(39-23(33)28(4,5)6)19(40-24(34)29(7,8)9)20(41-25(35)30(10,11)12)21(38-17)42-26(36)31(13,14)15/h17-21H,16H2,1-15H3.